The molecule has 5 aromatic rings. The van der Waals surface area contributed by atoms with E-state index in [1.54, 1.807) is 23.9 Å². The Morgan fingerprint density at radius 3 is 1.54 bits per heavy atom. The number of nitrogens with two attached hydrogens (primary N) is 1. The Bertz CT molecular complexity index is 1730. The highest BCUT2D eigenvalue weighted by molar-refractivity contribution is 8.00. The van der Waals surface area contributed by atoms with Crippen molar-refractivity contribution in [3.8, 4) is 5.75 Å². The van der Waals surface area contributed by atoms with Gasteiger partial charge < -0.3 is 26.2 Å². The average Bonchev–Trinajstić information content (AvgIpc) is 3.16. The molecule has 0 radical (unpaired) electrons. The number of aromatic hydroxyl groups is 1. The third-order valence-corrected chi connectivity index (χ3v) is 10.1. The molecule has 5 rings (SSSR count). The Balaban J connectivity index is 1.39. The standard InChI is InChI=1S/C41H41N3O5S/c1-49-40(48)37(27-29-14-6-2-7-15-29)44-39(47)36(26-30-22-24-34(45)25-23-30)43-38(46)35(42)28-50-41(31-16-8-3-9-17-31,32-18-10-4-11-19-32)33-20-12-5-13-21-33/h2-25,35-37,45H,26-28,42H2,1H3,(H,43,46)(H,44,47)/t35-,36-,37-/m0/s1. The Labute approximate surface area is 297 Å². The molecule has 0 bridgehead atoms. The second-order valence-electron chi connectivity index (χ2n) is 11.9. The zero-order chi connectivity index (χ0) is 35.3. The molecule has 5 aromatic carbocycles. The maximum absolute atomic E-state index is 13.8. The van der Waals surface area contributed by atoms with Crippen molar-refractivity contribution in [2.75, 3.05) is 12.9 Å². The number of esters is 1. The molecular weight excluding hydrogens is 647 g/mol. The van der Waals surface area contributed by atoms with E-state index in [0.717, 1.165) is 22.3 Å². The van der Waals surface area contributed by atoms with Gasteiger partial charge >= 0.3 is 5.97 Å². The van der Waals surface area contributed by atoms with Gasteiger partial charge in [0.25, 0.3) is 0 Å². The highest BCUT2D eigenvalue weighted by Crippen LogP contribution is 2.48. The van der Waals surface area contributed by atoms with E-state index in [1.807, 2.05) is 84.9 Å². The molecule has 0 aromatic heterocycles. The number of carbonyl (C=O) groups excluding carboxylic acids is 3. The van der Waals surface area contributed by atoms with Gasteiger partial charge in [0, 0.05) is 18.6 Å². The zero-order valence-electron chi connectivity index (χ0n) is 27.8. The fraction of sp³-hybridized carbons (Fsp3) is 0.195. The largest absolute Gasteiger partial charge is 0.508 e. The van der Waals surface area contributed by atoms with E-state index in [0.29, 0.717) is 5.56 Å². The fourth-order valence-corrected chi connectivity index (χ4v) is 7.36. The van der Waals surface area contributed by atoms with Crippen molar-refractivity contribution >= 4 is 29.5 Å². The van der Waals surface area contributed by atoms with E-state index in [1.165, 1.54) is 19.2 Å². The molecule has 3 atom stereocenters. The van der Waals surface area contributed by atoms with E-state index in [-0.39, 0.29) is 24.3 Å². The normalized spacial score (nSPS) is 13.0. The quantitative estimate of drug-likeness (QED) is 0.0860. The number of hydrogen-bond acceptors (Lipinski definition) is 7. The molecule has 0 aliphatic carbocycles. The summed E-state index contributed by atoms with van der Waals surface area (Å²) < 4.78 is 4.31. The van der Waals surface area contributed by atoms with Crippen molar-refractivity contribution in [1.29, 1.82) is 0 Å². The molecule has 256 valence electrons. The highest BCUT2D eigenvalue weighted by Gasteiger charge is 2.38. The van der Waals surface area contributed by atoms with Crippen molar-refractivity contribution < 1.29 is 24.2 Å². The topological polar surface area (TPSA) is 131 Å². The lowest BCUT2D eigenvalue weighted by atomic mass is 9.84. The summed E-state index contributed by atoms with van der Waals surface area (Å²) in [6.07, 6.45) is 0.300. The summed E-state index contributed by atoms with van der Waals surface area (Å²) in [6.45, 7) is 0. The van der Waals surface area contributed by atoms with Crippen LogP contribution in [0.2, 0.25) is 0 Å². The lowest BCUT2D eigenvalue weighted by Crippen LogP contribution is -2.56. The van der Waals surface area contributed by atoms with Crippen LogP contribution in [0.1, 0.15) is 27.8 Å². The number of phenols is 1. The van der Waals surface area contributed by atoms with E-state index in [4.69, 9.17) is 10.5 Å². The lowest BCUT2D eigenvalue weighted by Gasteiger charge is -2.36. The number of ether oxygens (including phenoxy) is 1. The molecule has 0 heterocycles. The summed E-state index contributed by atoms with van der Waals surface area (Å²) in [6, 6.07) is 42.9. The molecule has 9 heteroatoms. The van der Waals surface area contributed by atoms with Crippen LogP contribution in [-0.4, -0.2) is 53.9 Å². The van der Waals surface area contributed by atoms with Crippen LogP contribution in [0.4, 0.5) is 0 Å². The van der Waals surface area contributed by atoms with E-state index >= 15 is 0 Å². The molecule has 0 saturated carbocycles. The van der Waals surface area contributed by atoms with Crippen molar-refractivity contribution in [3.05, 3.63) is 173 Å². The highest BCUT2D eigenvalue weighted by atomic mass is 32.2. The molecule has 0 saturated heterocycles. The summed E-state index contributed by atoms with van der Waals surface area (Å²) >= 11 is 1.55. The first-order chi connectivity index (χ1) is 24.3. The molecule has 2 amide bonds. The van der Waals surface area contributed by atoms with Gasteiger partial charge in [-0.15, -0.1) is 11.8 Å². The average molecular weight is 688 g/mol. The van der Waals surface area contributed by atoms with Gasteiger partial charge in [-0.3, -0.25) is 9.59 Å². The number of phenolic OH excluding ortho intramolecular Hbond substituents is 1. The number of amides is 2. The Hall–Kier alpha value is -5.38. The number of methoxy groups -OCH3 is 1. The van der Waals surface area contributed by atoms with Gasteiger partial charge in [0.05, 0.1) is 17.9 Å². The van der Waals surface area contributed by atoms with Gasteiger partial charge in [-0.1, -0.05) is 133 Å². The third-order valence-electron chi connectivity index (χ3n) is 8.45. The van der Waals surface area contributed by atoms with Gasteiger partial charge in [-0.2, -0.15) is 0 Å². The Morgan fingerprint density at radius 1 is 0.640 bits per heavy atom. The number of rotatable bonds is 15. The van der Waals surface area contributed by atoms with Crippen LogP contribution in [0.3, 0.4) is 0 Å². The summed E-state index contributed by atoms with van der Waals surface area (Å²) in [4.78, 5) is 40.4. The minimum atomic E-state index is -1.08. The molecular formula is C41H41N3O5S. The summed E-state index contributed by atoms with van der Waals surface area (Å²) in [7, 11) is 1.26. The third kappa shape index (κ3) is 8.99. The number of nitrogens with one attached hydrogen (secondary N) is 2. The van der Waals surface area contributed by atoms with Crippen LogP contribution in [0.15, 0.2) is 146 Å². The summed E-state index contributed by atoms with van der Waals surface area (Å²) in [5.74, 6) is -1.40. The fourth-order valence-electron chi connectivity index (χ4n) is 5.87. The molecule has 0 spiro atoms. The Morgan fingerprint density at radius 2 is 1.06 bits per heavy atom. The molecule has 0 unspecified atom stereocenters. The first-order valence-electron chi connectivity index (χ1n) is 16.4. The second kappa shape index (κ2) is 17.3. The number of carbonyl (C=O) groups is 3. The molecule has 8 nitrogen and oxygen atoms in total. The van der Waals surface area contributed by atoms with Gasteiger partial charge in [0.1, 0.15) is 17.8 Å². The maximum Gasteiger partial charge on any atom is 0.328 e. The monoisotopic (exact) mass is 687 g/mol. The minimum absolute atomic E-state index is 0.0742. The van der Waals surface area contributed by atoms with E-state index in [2.05, 4.69) is 47.0 Å². The zero-order valence-corrected chi connectivity index (χ0v) is 28.6. The first kappa shape index (κ1) is 35.9. The predicted molar refractivity (Wildman–Crippen MR) is 197 cm³/mol. The van der Waals surface area contributed by atoms with Crippen molar-refractivity contribution in [2.24, 2.45) is 5.73 Å². The van der Waals surface area contributed by atoms with E-state index < -0.39 is 40.7 Å². The molecule has 0 fully saturated rings. The minimum Gasteiger partial charge on any atom is -0.508 e. The van der Waals surface area contributed by atoms with Crippen molar-refractivity contribution in [2.45, 2.75) is 35.7 Å². The Kier molecular flexibility index (Phi) is 12.4. The van der Waals surface area contributed by atoms with Gasteiger partial charge in [0.15, 0.2) is 0 Å². The molecule has 50 heavy (non-hydrogen) atoms. The number of benzene rings is 5. The van der Waals surface area contributed by atoms with Gasteiger partial charge in [0.2, 0.25) is 11.8 Å². The van der Waals surface area contributed by atoms with Crippen LogP contribution in [0, 0.1) is 0 Å². The van der Waals surface area contributed by atoms with Crippen LogP contribution in [-0.2, 0) is 36.7 Å². The van der Waals surface area contributed by atoms with E-state index in [9.17, 15) is 19.5 Å². The maximum atomic E-state index is 13.8. The lowest BCUT2D eigenvalue weighted by molar-refractivity contribution is -0.145. The SMILES string of the molecule is COC(=O)[C@H](Cc1ccccc1)NC(=O)[C@H](Cc1ccc(O)cc1)NC(=O)[C@@H](N)CSC(c1ccccc1)(c1ccccc1)c1ccccc1. The molecule has 0 aliphatic heterocycles. The van der Waals surface area contributed by atoms with Crippen molar-refractivity contribution in [3.63, 3.8) is 0 Å². The molecule has 0 aliphatic rings. The van der Waals surface area contributed by atoms with Gasteiger partial charge in [-0.05, 0) is 39.9 Å². The summed E-state index contributed by atoms with van der Waals surface area (Å²) in [5.41, 5.74) is 11.3. The number of hydrogen-bond donors (Lipinski definition) is 4. The van der Waals surface area contributed by atoms with Crippen LogP contribution >= 0.6 is 11.8 Å². The smallest absolute Gasteiger partial charge is 0.328 e. The van der Waals surface area contributed by atoms with Crippen LogP contribution in [0.25, 0.3) is 0 Å². The predicted octanol–water partition coefficient (Wildman–Crippen LogP) is 5.37. The van der Waals surface area contributed by atoms with Crippen LogP contribution < -0.4 is 16.4 Å². The summed E-state index contributed by atoms with van der Waals surface area (Å²) in [5, 5.41) is 15.5. The number of thioether (sulfide) groups is 1. The van der Waals surface area contributed by atoms with Crippen molar-refractivity contribution in [1.82, 2.24) is 10.6 Å². The van der Waals surface area contributed by atoms with Gasteiger partial charge in [-0.25, -0.2) is 4.79 Å². The second-order valence-corrected chi connectivity index (χ2v) is 13.1. The van der Waals surface area contributed by atoms with Crippen LogP contribution in [0.5, 0.6) is 5.75 Å². The first-order valence-corrected chi connectivity index (χ1v) is 17.3. The molecule has 5 N–H and O–H groups in total.